The van der Waals surface area contributed by atoms with Crippen LogP contribution in [-0.2, 0) is 8.14 Å². The van der Waals surface area contributed by atoms with Crippen molar-refractivity contribution < 1.29 is 17.9 Å². The van der Waals surface area contributed by atoms with Gasteiger partial charge in [0.2, 0.25) is 0 Å². The minimum absolute atomic E-state index is 0. The maximum absolute atomic E-state index is 9.51. The third kappa shape index (κ3) is 11.0. The van der Waals surface area contributed by atoms with Crippen molar-refractivity contribution in [3.8, 4) is 0 Å². The zero-order valence-electron chi connectivity index (χ0n) is 3.16. The third-order valence-electron chi connectivity index (χ3n) is 0.238. The fourth-order valence-electron chi connectivity index (χ4n) is 0. The molecule has 0 atom stereocenters. The topological polar surface area (TPSA) is 66.8 Å². The highest BCUT2D eigenvalue weighted by molar-refractivity contribution is 7.47. The van der Waals surface area contributed by atoms with E-state index >= 15 is 0 Å². The molecule has 7 heteroatoms. The van der Waals surface area contributed by atoms with Gasteiger partial charge >= 0.3 is 24.4 Å². The zero-order chi connectivity index (χ0) is 5.21. The third-order valence-corrected chi connectivity index (χ3v) is 2.14. The van der Waals surface area contributed by atoms with Gasteiger partial charge in [-0.25, -0.2) is 4.57 Å². The predicted molar refractivity (Wildman–Crippen MR) is 31.6 cm³/mol. The highest BCUT2D eigenvalue weighted by Crippen LogP contribution is 2.33. The Bertz CT molecular complexity index is 73.8. The first-order valence-corrected chi connectivity index (χ1v) is 3.52. The molecule has 0 amide bonds. The summed E-state index contributed by atoms with van der Waals surface area (Å²) in [5.74, 6) is 0. The van der Waals surface area contributed by atoms with Gasteiger partial charge in [-0.05, 0) is 0 Å². The fraction of sp³-hybridized carbons (Fsp3) is 0. The minimum Gasteiger partial charge on any atom is -0.423 e. The molecule has 0 aliphatic heterocycles. The zero-order valence-corrected chi connectivity index (χ0v) is 6.05. The summed E-state index contributed by atoms with van der Waals surface area (Å²) < 4.78 is 13.2. The molecule has 0 aromatic carbocycles. The molecule has 0 spiro atoms. The van der Waals surface area contributed by atoms with Crippen molar-refractivity contribution in [3.63, 3.8) is 0 Å². The smallest absolute Gasteiger partial charge is 0.423 e. The molecule has 0 aliphatic rings. The standard InChI is InChI=1S/2Al.H3O4P.5H/c;;1-5(2,3)4;;;;;/h;;(H3,1,2,3,4);;;;;/q;+1;;;;;;/p-1. The number of rotatable bonds is 1. The maximum atomic E-state index is 9.51. The summed E-state index contributed by atoms with van der Waals surface area (Å²) in [4.78, 5) is 15.5. The van der Waals surface area contributed by atoms with E-state index < -0.39 is 7.82 Å². The Kier molecular flexibility index (Phi) is 6.45. The molecule has 0 fully saturated rings. The van der Waals surface area contributed by atoms with Gasteiger partial charge in [0.15, 0.2) is 17.4 Å². The van der Waals surface area contributed by atoms with Crippen molar-refractivity contribution in [1.29, 1.82) is 0 Å². The molecule has 4 nitrogen and oxygen atoms in total. The Morgan fingerprint density at radius 1 is 1.57 bits per heavy atom. The van der Waals surface area contributed by atoms with Gasteiger partial charge in [0, 0.05) is 0 Å². The first-order valence-electron chi connectivity index (χ1n) is 1.17. The summed E-state index contributed by atoms with van der Waals surface area (Å²) in [6, 6.07) is 0. The molecule has 0 saturated carbocycles. The number of hydrogen-bond donors (Lipinski definition) is 2. The van der Waals surface area contributed by atoms with Gasteiger partial charge in [-0.3, -0.25) is 0 Å². The van der Waals surface area contributed by atoms with Crippen LogP contribution in [0.3, 0.4) is 0 Å². The van der Waals surface area contributed by atoms with Crippen LogP contribution >= 0.6 is 7.82 Å². The van der Waals surface area contributed by atoms with Crippen LogP contribution in [0.25, 0.3) is 0 Å². The Balaban J connectivity index is 0. The first-order chi connectivity index (χ1) is 2.56. The lowest BCUT2D eigenvalue weighted by atomic mass is 15.7. The second-order valence-electron chi connectivity index (χ2n) is 0.673. The van der Waals surface area contributed by atoms with Crippen LogP contribution in [0.2, 0.25) is 0 Å². The lowest BCUT2D eigenvalue weighted by Gasteiger charge is -1.96. The van der Waals surface area contributed by atoms with Gasteiger partial charge in [0.05, 0.1) is 0 Å². The van der Waals surface area contributed by atoms with E-state index in [0.29, 0.717) is 0 Å². The normalized spacial score (nSPS) is 10.0. The Hall–Kier alpha value is 1.17. The van der Waals surface area contributed by atoms with Gasteiger partial charge in [0.25, 0.3) is 0 Å². The van der Waals surface area contributed by atoms with Crippen LogP contribution in [0, 0.1) is 0 Å². The lowest BCUT2D eigenvalue weighted by molar-refractivity contribution is 0.292. The largest absolute Gasteiger partial charge is 0.441 e. The molecule has 0 rings (SSSR count). The maximum Gasteiger partial charge on any atom is 0.441 e. The van der Waals surface area contributed by atoms with Crippen LogP contribution in [0.5, 0.6) is 0 Å². The molecular weight excluding hydrogens is 149 g/mol. The minimum atomic E-state index is -4.08. The van der Waals surface area contributed by atoms with Crippen LogP contribution in [0.4, 0.5) is 0 Å². The molecule has 0 unspecified atom stereocenters. The van der Waals surface area contributed by atoms with Gasteiger partial charge in [-0.15, -0.1) is 0 Å². The SMILES string of the molecule is O=P(O)(O)[O][AlH2].[AlH3]. The Labute approximate surface area is 60.0 Å². The summed E-state index contributed by atoms with van der Waals surface area (Å²) in [6.45, 7) is 0. The van der Waals surface area contributed by atoms with E-state index in [2.05, 4.69) is 3.58 Å². The number of phosphoric acid groups is 1. The number of hydrogen-bond acceptors (Lipinski definition) is 2. The average molecular weight is 156 g/mol. The molecule has 0 aromatic rings. The summed E-state index contributed by atoms with van der Waals surface area (Å²) in [5.41, 5.74) is 0. The second kappa shape index (κ2) is 4.09. The quantitative estimate of drug-likeness (QED) is 0.324. The van der Waals surface area contributed by atoms with E-state index in [-0.39, 0.29) is 34.0 Å². The lowest BCUT2D eigenvalue weighted by Crippen LogP contribution is -1.78. The molecule has 0 saturated heterocycles. The first kappa shape index (κ1) is 11.0. The fourth-order valence-corrected chi connectivity index (χ4v) is 0. The molecule has 0 heterocycles. The molecule has 0 bridgehead atoms. The van der Waals surface area contributed by atoms with Crippen molar-refractivity contribution in [2.24, 2.45) is 0 Å². The Morgan fingerprint density at radius 3 is 1.71 bits per heavy atom. The molecular formula is H7Al2O4P. The van der Waals surface area contributed by atoms with E-state index in [1.54, 1.807) is 0 Å². The molecule has 7 heavy (non-hydrogen) atoms. The van der Waals surface area contributed by atoms with Crippen molar-refractivity contribution in [2.75, 3.05) is 0 Å². The summed E-state index contributed by atoms with van der Waals surface area (Å²) in [6.07, 6.45) is 0. The Morgan fingerprint density at radius 2 is 1.71 bits per heavy atom. The van der Waals surface area contributed by atoms with Crippen LogP contribution in [-0.4, -0.2) is 43.8 Å². The van der Waals surface area contributed by atoms with Crippen LogP contribution < -0.4 is 0 Å². The van der Waals surface area contributed by atoms with Gasteiger partial charge in [-0.2, -0.15) is 0 Å². The molecule has 42 valence electrons. The van der Waals surface area contributed by atoms with Gasteiger partial charge < -0.3 is 13.4 Å². The highest BCUT2D eigenvalue weighted by atomic mass is 31.2. The van der Waals surface area contributed by atoms with E-state index in [9.17, 15) is 4.57 Å². The van der Waals surface area contributed by atoms with Gasteiger partial charge in [-0.1, -0.05) is 0 Å². The molecule has 0 radical (unpaired) electrons. The van der Waals surface area contributed by atoms with E-state index in [0.717, 1.165) is 0 Å². The van der Waals surface area contributed by atoms with Crippen molar-refractivity contribution in [3.05, 3.63) is 0 Å². The second-order valence-corrected chi connectivity index (χ2v) is 3.11. The van der Waals surface area contributed by atoms with Gasteiger partial charge in [0.1, 0.15) is 0 Å². The summed E-state index contributed by atoms with van der Waals surface area (Å²) >= 11 is 0.0849. The van der Waals surface area contributed by atoms with Crippen LogP contribution in [0.15, 0.2) is 0 Å². The van der Waals surface area contributed by atoms with Crippen molar-refractivity contribution in [1.82, 2.24) is 0 Å². The molecule has 0 aliphatic carbocycles. The summed E-state index contributed by atoms with van der Waals surface area (Å²) in [7, 11) is -4.08. The molecule has 0 aromatic heterocycles. The van der Waals surface area contributed by atoms with Crippen LogP contribution in [0.1, 0.15) is 0 Å². The molecule has 2 N–H and O–H groups in total. The average Bonchev–Trinajstić information content (AvgIpc) is 1.35. The summed E-state index contributed by atoms with van der Waals surface area (Å²) in [5, 5.41) is 0. The van der Waals surface area contributed by atoms with Crippen molar-refractivity contribution >= 4 is 41.8 Å². The van der Waals surface area contributed by atoms with E-state index in [4.69, 9.17) is 9.79 Å². The van der Waals surface area contributed by atoms with E-state index in [1.165, 1.54) is 0 Å². The monoisotopic (exact) mass is 156 g/mol. The highest BCUT2D eigenvalue weighted by Gasteiger charge is 2.05. The van der Waals surface area contributed by atoms with E-state index in [1.807, 2.05) is 0 Å². The van der Waals surface area contributed by atoms with Crippen molar-refractivity contribution in [2.45, 2.75) is 0 Å². The predicted octanol–water partition coefficient (Wildman–Crippen LogP) is -2.54.